The Balaban J connectivity index is 1.97. The topological polar surface area (TPSA) is 80.2 Å². The highest BCUT2D eigenvalue weighted by atomic mass is 28.4. The van der Waals surface area contributed by atoms with Gasteiger partial charge in [0.2, 0.25) is 0 Å². The van der Waals surface area contributed by atoms with Gasteiger partial charge in [-0.05, 0) is 69.6 Å². The van der Waals surface area contributed by atoms with E-state index in [2.05, 4.69) is 44.4 Å². The molecule has 0 radical (unpaired) electrons. The Morgan fingerprint density at radius 2 is 1.74 bits per heavy atom. The normalized spacial score (nSPS) is 17.1. The molecule has 1 aliphatic heterocycles. The minimum absolute atomic E-state index is 0.0225. The summed E-state index contributed by atoms with van der Waals surface area (Å²) in [5, 5.41) is 4.41. The molecule has 212 valence electrons. The van der Waals surface area contributed by atoms with Crippen molar-refractivity contribution in [1.29, 1.82) is 0 Å². The number of ether oxygens (including phenoxy) is 1. The lowest BCUT2D eigenvalue weighted by atomic mass is 9.88. The highest BCUT2D eigenvalue weighted by Gasteiger charge is 2.39. The standard InChI is InChI=1S/C29H39F2N3O4Si/c1-28(2,3)38-27(36)34-18-19(15-16-37-39(7,8)29(4,5)6)25(21-11-9-10-12-24(21)34)32-33-26(35)22-17-20(30)13-14-23(22)31/h9-14,17,19H,15-16,18H2,1-8H3,(H,33,35). The lowest BCUT2D eigenvalue weighted by molar-refractivity contribution is 0.0574. The fraction of sp³-hybridized carbons (Fsp3) is 0.483. The average Bonchev–Trinajstić information content (AvgIpc) is 2.82. The number of hydrazone groups is 1. The van der Waals surface area contributed by atoms with Crippen LogP contribution in [0.25, 0.3) is 0 Å². The van der Waals surface area contributed by atoms with Crippen molar-refractivity contribution in [2.24, 2.45) is 11.0 Å². The van der Waals surface area contributed by atoms with Crippen molar-refractivity contribution in [2.45, 2.75) is 71.7 Å². The zero-order valence-corrected chi connectivity index (χ0v) is 25.0. The number of hydrogen-bond donors (Lipinski definition) is 1. The monoisotopic (exact) mass is 559 g/mol. The summed E-state index contributed by atoms with van der Waals surface area (Å²) in [5.74, 6) is -2.78. The van der Waals surface area contributed by atoms with E-state index in [1.54, 1.807) is 43.9 Å². The molecule has 1 unspecified atom stereocenters. The van der Waals surface area contributed by atoms with Gasteiger partial charge in [0.1, 0.15) is 17.2 Å². The van der Waals surface area contributed by atoms with Gasteiger partial charge < -0.3 is 9.16 Å². The largest absolute Gasteiger partial charge is 0.443 e. The Labute approximate surface area is 230 Å². The quantitative estimate of drug-likeness (QED) is 0.309. The Kier molecular flexibility index (Phi) is 9.01. The Hall–Kier alpha value is -3.11. The van der Waals surface area contributed by atoms with E-state index in [0.717, 1.165) is 18.2 Å². The molecule has 0 bridgehead atoms. The van der Waals surface area contributed by atoms with Crippen LogP contribution >= 0.6 is 0 Å². The van der Waals surface area contributed by atoms with Crippen molar-refractivity contribution in [1.82, 2.24) is 5.43 Å². The first kappa shape index (κ1) is 30.4. The van der Waals surface area contributed by atoms with Crippen LogP contribution in [-0.2, 0) is 9.16 Å². The van der Waals surface area contributed by atoms with Crippen LogP contribution in [0.4, 0.5) is 19.3 Å². The number of benzene rings is 2. The van der Waals surface area contributed by atoms with Crippen molar-refractivity contribution < 1.29 is 27.5 Å². The van der Waals surface area contributed by atoms with Gasteiger partial charge in [-0.25, -0.2) is 19.0 Å². The summed E-state index contributed by atoms with van der Waals surface area (Å²) in [4.78, 5) is 27.5. The maximum absolute atomic E-state index is 14.2. The number of anilines is 1. The predicted molar refractivity (Wildman–Crippen MR) is 152 cm³/mol. The third-order valence-corrected chi connectivity index (χ3v) is 11.6. The van der Waals surface area contributed by atoms with Gasteiger partial charge in [-0.15, -0.1) is 0 Å². The van der Waals surface area contributed by atoms with Gasteiger partial charge in [-0.3, -0.25) is 9.69 Å². The van der Waals surface area contributed by atoms with E-state index in [-0.39, 0.29) is 17.5 Å². The van der Waals surface area contributed by atoms with Crippen LogP contribution in [0.5, 0.6) is 0 Å². The Morgan fingerprint density at radius 1 is 1.08 bits per heavy atom. The summed E-state index contributed by atoms with van der Waals surface area (Å²) in [6, 6.07) is 9.87. The molecule has 0 saturated heterocycles. The second-order valence-corrected chi connectivity index (χ2v) is 17.1. The minimum atomic E-state index is -2.04. The first-order valence-corrected chi connectivity index (χ1v) is 16.0. The molecule has 1 N–H and O–H groups in total. The van der Waals surface area contributed by atoms with E-state index in [1.165, 1.54) is 0 Å². The zero-order valence-electron chi connectivity index (χ0n) is 24.0. The highest BCUT2D eigenvalue weighted by Crippen LogP contribution is 2.37. The number of fused-ring (bicyclic) bond motifs is 1. The van der Waals surface area contributed by atoms with E-state index in [9.17, 15) is 18.4 Å². The maximum atomic E-state index is 14.2. The number of nitrogens with zero attached hydrogens (tertiary/aromatic N) is 2. The SMILES string of the molecule is CC(C)(C)OC(=O)N1CC(CCO[Si](C)(C)C(C)(C)C)C(=NNC(=O)c2cc(F)ccc2F)c2ccccc21. The molecule has 10 heteroatoms. The summed E-state index contributed by atoms with van der Waals surface area (Å²) >= 11 is 0. The number of halogens is 2. The summed E-state index contributed by atoms with van der Waals surface area (Å²) in [6.45, 7) is 16.9. The molecule has 0 aliphatic carbocycles. The van der Waals surface area contributed by atoms with Crippen LogP contribution in [0, 0.1) is 17.6 Å². The average molecular weight is 560 g/mol. The van der Waals surface area contributed by atoms with E-state index >= 15 is 0 Å². The molecule has 0 saturated carbocycles. The molecule has 0 fully saturated rings. The second-order valence-electron chi connectivity index (χ2n) is 12.3. The van der Waals surface area contributed by atoms with Gasteiger partial charge >= 0.3 is 6.09 Å². The molecular weight excluding hydrogens is 520 g/mol. The van der Waals surface area contributed by atoms with Crippen LogP contribution in [0.15, 0.2) is 47.6 Å². The van der Waals surface area contributed by atoms with Crippen LogP contribution < -0.4 is 10.3 Å². The summed E-state index contributed by atoms with van der Waals surface area (Å²) in [5.41, 5.74) is 2.99. The van der Waals surface area contributed by atoms with Gasteiger partial charge in [0.05, 0.1) is 17.0 Å². The second kappa shape index (κ2) is 11.6. The number of hydrogen-bond acceptors (Lipinski definition) is 5. The lowest BCUT2D eigenvalue weighted by Crippen LogP contribution is -2.47. The number of para-hydroxylation sites is 1. The van der Waals surface area contributed by atoms with Crippen LogP contribution in [0.1, 0.15) is 63.9 Å². The van der Waals surface area contributed by atoms with E-state index in [0.29, 0.717) is 30.0 Å². The first-order chi connectivity index (χ1) is 18.0. The van der Waals surface area contributed by atoms with Crippen LogP contribution in [0.3, 0.4) is 0 Å². The van der Waals surface area contributed by atoms with Crippen LogP contribution in [0.2, 0.25) is 18.1 Å². The smallest absolute Gasteiger partial charge is 0.414 e. The maximum Gasteiger partial charge on any atom is 0.414 e. The summed E-state index contributed by atoms with van der Waals surface area (Å²) < 4.78 is 40.0. The van der Waals surface area contributed by atoms with Gasteiger partial charge in [-0.2, -0.15) is 5.10 Å². The van der Waals surface area contributed by atoms with Crippen molar-refractivity contribution in [2.75, 3.05) is 18.1 Å². The highest BCUT2D eigenvalue weighted by molar-refractivity contribution is 6.74. The molecule has 1 aliphatic rings. The first-order valence-electron chi connectivity index (χ1n) is 13.1. The molecule has 1 atom stereocenters. The Morgan fingerprint density at radius 3 is 2.38 bits per heavy atom. The van der Waals surface area contributed by atoms with Gasteiger partial charge in [0, 0.05) is 24.6 Å². The van der Waals surface area contributed by atoms with Gasteiger partial charge in [0.15, 0.2) is 8.32 Å². The number of carbonyl (C=O) groups excluding carboxylic acids is 2. The molecule has 2 aromatic rings. The molecular formula is C29H39F2N3O4Si. The van der Waals surface area contributed by atoms with Crippen LogP contribution in [-0.4, -0.2) is 44.8 Å². The molecule has 2 amide bonds. The molecule has 7 nitrogen and oxygen atoms in total. The van der Waals surface area contributed by atoms with Gasteiger partial charge in [0.25, 0.3) is 5.91 Å². The van der Waals surface area contributed by atoms with E-state index < -0.39 is 43.1 Å². The Bertz CT molecular complexity index is 1250. The molecule has 0 aromatic heterocycles. The third kappa shape index (κ3) is 7.51. The minimum Gasteiger partial charge on any atom is -0.443 e. The number of amides is 2. The van der Waals surface area contributed by atoms with Crippen molar-refractivity contribution in [3.05, 3.63) is 65.2 Å². The fourth-order valence-corrected chi connectivity index (χ4v) is 5.00. The van der Waals surface area contributed by atoms with E-state index in [1.807, 2.05) is 6.07 Å². The van der Waals surface area contributed by atoms with E-state index in [4.69, 9.17) is 9.16 Å². The number of nitrogens with one attached hydrogen (secondary N) is 1. The molecule has 0 spiro atoms. The number of carbonyl (C=O) groups is 2. The number of rotatable bonds is 6. The molecule has 2 aromatic carbocycles. The predicted octanol–water partition coefficient (Wildman–Crippen LogP) is 6.88. The summed E-state index contributed by atoms with van der Waals surface area (Å²) in [7, 11) is -2.04. The lowest BCUT2D eigenvalue weighted by Gasteiger charge is -2.38. The zero-order chi connectivity index (χ0) is 29.2. The van der Waals surface area contributed by atoms with Crippen molar-refractivity contribution in [3.63, 3.8) is 0 Å². The third-order valence-electron chi connectivity index (χ3n) is 7.06. The molecule has 1 heterocycles. The molecule has 39 heavy (non-hydrogen) atoms. The van der Waals surface area contributed by atoms with Crippen molar-refractivity contribution >= 4 is 31.7 Å². The summed E-state index contributed by atoms with van der Waals surface area (Å²) in [6.07, 6.45) is 0.0265. The fourth-order valence-electron chi connectivity index (χ4n) is 3.94. The van der Waals surface area contributed by atoms with Gasteiger partial charge in [-0.1, -0.05) is 39.0 Å². The van der Waals surface area contributed by atoms with Crippen molar-refractivity contribution in [3.8, 4) is 0 Å². The molecule has 3 rings (SSSR count).